The number of aromatic nitrogens is 1. The standard InChI is InChI=1S/C10H14N2/c1-12-8-4-6-10(12)9-5-2-3-7-11-9/h2-3,5,7,10H,4,6,8H2,1H3/t10-/m0/s1/i8D/t8-,10-. The van der Waals surface area contributed by atoms with Crippen LogP contribution in [-0.4, -0.2) is 23.5 Å². The Morgan fingerprint density at radius 2 is 2.58 bits per heavy atom. The maximum absolute atomic E-state index is 7.72. The molecule has 1 aliphatic heterocycles. The molecule has 0 radical (unpaired) electrons. The second-order valence-corrected chi connectivity index (χ2v) is 3.20. The number of rotatable bonds is 1. The summed E-state index contributed by atoms with van der Waals surface area (Å²) in [5, 5.41) is 0. The minimum atomic E-state index is -0.0491. The molecule has 0 saturated carbocycles. The van der Waals surface area contributed by atoms with Crippen LogP contribution in [0, 0.1) is 0 Å². The zero-order chi connectivity index (χ0) is 9.26. The highest BCUT2D eigenvalue weighted by Crippen LogP contribution is 2.28. The third-order valence-corrected chi connectivity index (χ3v) is 2.38. The molecule has 1 aromatic rings. The van der Waals surface area contributed by atoms with Gasteiger partial charge in [-0.2, -0.15) is 0 Å². The van der Waals surface area contributed by atoms with E-state index in [1.807, 2.05) is 31.4 Å². The van der Waals surface area contributed by atoms with Crippen LogP contribution in [0.3, 0.4) is 0 Å². The number of hydrogen-bond donors (Lipinski definition) is 0. The highest BCUT2D eigenvalue weighted by atomic mass is 15.2. The van der Waals surface area contributed by atoms with Crippen molar-refractivity contribution in [3.63, 3.8) is 0 Å². The predicted molar refractivity (Wildman–Crippen MR) is 48.8 cm³/mol. The third-order valence-electron chi connectivity index (χ3n) is 2.38. The Morgan fingerprint density at radius 3 is 3.17 bits per heavy atom. The molecule has 1 saturated heterocycles. The van der Waals surface area contributed by atoms with Crippen LogP contribution < -0.4 is 0 Å². The van der Waals surface area contributed by atoms with Crippen molar-refractivity contribution >= 4 is 0 Å². The van der Waals surface area contributed by atoms with Gasteiger partial charge in [0.05, 0.1) is 11.7 Å². The summed E-state index contributed by atoms with van der Waals surface area (Å²) in [5.74, 6) is 0. The molecule has 1 aromatic heterocycles. The van der Waals surface area contributed by atoms with Gasteiger partial charge in [0.2, 0.25) is 0 Å². The molecule has 64 valence electrons. The number of likely N-dealkylation sites (tertiary alicyclic amines) is 1. The molecule has 0 N–H and O–H groups in total. The Balaban J connectivity index is 2.19. The quantitative estimate of drug-likeness (QED) is 0.628. The Bertz CT molecular complexity index is 276. The summed E-state index contributed by atoms with van der Waals surface area (Å²) in [4.78, 5) is 6.41. The van der Waals surface area contributed by atoms with E-state index in [4.69, 9.17) is 1.37 Å². The molecular weight excluding hydrogens is 148 g/mol. The summed E-state index contributed by atoms with van der Waals surface area (Å²) in [7, 11) is 2.00. The first kappa shape index (κ1) is 6.61. The lowest BCUT2D eigenvalue weighted by Crippen LogP contribution is -2.18. The van der Waals surface area contributed by atoms with Gasteiger partial charge in [-0.25, -0.2) is 0 Å². The average molecular weight is 163 g/mol. The van der Waals surface area contributed by atoms with Gasteiger partial charge in [0.1, 0.15) is 0 Å². The minimum Gasteiger partial charge on any atom is -0.298 e. The molecule has 2 heterocycles. The lowest BCUT2D eigenvalue weighted by Gasteiger charge is -2.18. The zero-order valence-electron chi connectivity index (χ0n) is 8.27. The molecule has 0 unspecified atom stereocenters. The van der Waals surface area contributed by atoms with Gasteiger partial charge in [-0.05, 0) is 38.5 Å². The Kier molecular flexibility index (Phi) is 1.78. The molecule has 1 aliphatic rings. The molecule has 0 amide bonds. The van der Waals surface area contributed by atoms with E-state index >= 15 is 0 Å². The molecule has 2 atom stereocenters. The molecule has 2 heteroatoms. The van der Waals surface area contributed by atoms with Crippen LogP contribution in [0.1, 0.15) is 25.9 Å². The SMILES string of the molecule is [2H][C@H]1CC[C@@H](c2ccccn2)N1C. The largest absolute Gasteiger partial charge is 0.298 e. The van der Waals surface area contributed by atoms with Gasteiger partial charge in [-0.3, -0.25) is 9.88 Å². The molecule has 2 nitrogen and oxygen atoms in total. The van der Waals surface area contributed by atoms with Gasteiger partial charge in [0.25, 0.3) is 0 Å². The fraction of sp³-hybridized carbons (Fsp3) is 0.500. The monoisotopic (exact) mass is 163 g/mol. The fourth-order valence-corrected chi connectivity index (χ4v) is 1.70. The Labute approximate surface area is 74.6 Å². The Hall–Kier alpha value is -0.890. The van der Waals surface area contributed by atoms with E-state index in [0.29, 0.717) is 6.04 Å². The minimum absolute atomic E-state index is 0.0491. The van der Waals surface area contributed by atoms with E-state index < -0.39 is 0 Å². The normalized spacial score (nSPS) is 31.9. The zero-order valence-corrected chi connectivity index (χ0v) is 7.27. The van der Waals surface area contributed by atoms with E-state index in [2.05, 4.69) is 9.88 Å². The van der Waals surface area contributed by atoms with Gasteiger partial charge < -0.3 is 0 Å². The summed E-state index contributed by atoms with van der Waals surface area (Å²) in [6, 6.07) is 6.33. The van der Waals surface area contributed by atoms with Gasteiger partial charge in [0, 0.05) is 7.57 Å². The van der Waals surface area contributed by atoms with E-state index in [0.717, 1.165) is 18.5 Å². The lowest BCUT2D eigenvalue weighted by atomic mass is 10.1. The van der Waals surface area contributed by atoms with Crippen LogP contribution in [0.15, 0.2) is 24.4 Å². The smallest absolute Gasteiger partial charge is 0.0575 e. The summed E-state index contributed by atoms with van der Waals surface area (Å²) in [6.07, 6.45) is 3.83. The van der Waals surface area contributed by atoms with Crippen LogP contribution in [0.4, 0.5) is 0 Å². The van der Waals surface area contributed by atoms with E-state index in [-0.39, 0.29) is 6.52 Å². The van der Waals surface area contributed by atoms with Crippen molar-refractivity contribution in [1.29, 1.82) is 0 Å². The topological polar surface area (TPSA) is 16.1 Å². The molecule has 0 spiro atoms. The van der Waals surface area contributed by atoms with Crippen molar-refractivity contribution < 1.29 is 1.37 Å². The van der Waals surface area contributed by atoms with Crippen molar-refractivity contribution in [1.82, 2.24) is 9.88 Å². The second-order valence-electron chi connectivity index (χ2n) is 3.20. The molecule has 1 fully saturated rings. The number of pyridine rings is 1. The van der Waals surface area contributed by atoms with Crippen molar-refractivity contribution in [3.8, 4) is 0 Å². The van der Waals surface area contributed by atoms with Gasteiger partial charge in [0.15, 0.2) is 0 Å². The van der Waals surface area contributed by atoms with Crippen molar-refractivity contribution in [2.75, 3.05) is 13.6 Å². The molecule has 12 heavy (non-hydrogen) atoms. The summed E-state index contributed by atoms with van der Waals surface area (Å²) >= 11 is 0. The highest BCUT2D eigenvalue weighted by molar-refractivity contribution is 5.09. The molecular formula is C10H14N2. The Morgan fingerprint density at radius 1 is 1.67 bits per heavy atom. The van der Waals surface area contributed by atoms with Gasteiger partial charge in [-0.1, -0.05) is 6.07 Å². The van der Waals surface area contributed by atoms with E-state index in [9.17, 15) is 0 Å². The van der Waals surface area contributed by atoms with Crippen LogP contribution >= 0.6 is 0 Å². The van der Waals surface area contributed by atoms with Crippen molar-refractivity contribution in [2.24, 2.45) is 0 Å². The second kappa shape index (κ2) is 3.23. The van der Waals surface area contributed by atoms with Crippen molar-refractivity contribution in [2.45, 2.75) is 18.9 Å². The van der Waals surface area contributed by atoms with Crippen LogP contribution in [-0.2, 0) is 0 Å². The van der Waals surface area contributed by atoms with Crippen LogP contribution in [0.25, 0.3) is 0 Å². The third kappa shape index (κ3) is 1.34. The van der Waals surface area contributed by atoms with E-state index in [1.165, 1.54) is 0 Å². The first-order valence-electron chi connectivity index (χ1n) is 4.92. The summed E-state index contributed by atoms with van der Waals surface area (Å²) in [6.45, 7) is -0.0491. The molecule has 0 aliphatic carbocycles. The molecule has 0 aromatic carbocycles. The fourth-order valence-electron chi connectivity index (χ4n) is 1.70. The first-order valence-corrected chi connectivity index (χ1v) is 4.34. The average Bonchev–Trinajstić information content (AvgIpc) is 2.49. The van der Waals surface area contributed by atoms with Gasteiger partial charge in [-0.15, -0.1) is 0 Å². The maximum Gasteiger partial charge on any atom is 0.0575 e. The molecule has 2 rings (SSSR count). The molecule has 0 bridgehead atoms. The van der Waals surface area contributed by atoms with E-state index in [1.54, 1.807) is 0 Å². The lowest BCUT2D eigenvalue weighted by molar-refractivity contribution is 0.312. The first-order chi connectivity index (χ1) is 6.29. The van der Waals surface area contributed by atoms with Crippen LogP contribution in [0.2, 0.25) is 0 Å². The summed E-state index contributed by atoms with van der Waals surface area (Å²) < 4.78 is 7.72. The highest BCUT2D eigenvalue weighted by Gasteiger charge is 2.22. The predicted octanol–water partition coefficient (Wildman–Crippen LogP) is 1.85. The van der Waals surface area contributed by atoms with Gasteiger partial charge >= 0.3 is 0 Å². The number of nitrogens with zero attached hydrogens (tertiary/aromatic N) is 2. The van der Waals surface area contributed by atoms with Crippen molar-refractivity contribution in [3.05, 3.63) is 30.1 Å². The number of hydrogen-bond acceptors (Lipinski definition) is 2. The van der Waals surface area contributed by atoms with Crippen LogP contribution in [0.5, 0.6) is 0 Å². The summed E-state index contributed by atoms with van der Waals surface area (Å²) in [5.41, 5.74) is 1.10. The maximum atomic E-state index is 7.72.